The van der Waals surface area contributed by atoms with E-state index in [2.05, 4.69) is 37.9 Å². The SMILES string of the molecule is COCn1c(Br)c(Br)c2cc3n(c(=O)c21)CCC3. The minimum atomic E-state index is 0.0726. The summed E-state index contributed by atoms with van der Waals surface area (Å²) < 4.78 is 10.7. The maximum absolute atomic E-state index is 12.5. The van der Waals surface area contributed by atoms with E-state index >= 15 is 0 Å². The van der Waals surface area contributed by atoms with Crippen LogP contribution in [0.2, 0.25) is 0 Å². The van der Waals surface area contributed by atoms with E-state index in [-0.39, 0.29) is 5.56 Å². The number of nitrogens with zero attached hydrogens (tertiary/aromatic N) is 2. The third-order valence-electron chi connectivity index (χ3n) is 3.36. The number of methoxy groups -OCH3 is 1. The van der Waals surface area contributed by atoms with Gasteiger partial charge in [-0.15, -0.1) is 0 Å². The maximum atomic E-state index is 12.5. The average molecular weight is 376 g/mol. The lowest BCUT2D eigenvalue weighted by Crippen LogP contribution is -2.21. The molecule has 2 aromatic heterocycles. The van der Waals surface area contributed by atoms with Gasteiger partial charge in [0, 0.05) is 24.7 Å². The first-order valence-electron chi connectivity index (χ1n) is 5.74. The number of ether oxygens (including phenoxy) is 1. The summed E-state index contributed by atoms with van der Waals surface area (Å²) in [6, 6.07) is 2.10. The quantitative estimate of drug-likeness (QED) is 0.809. The van der Waals surface area contributed by atoms with Gasteiger partial charge < -0.3 is 13.9 Å². The van der Waals surface area contributed by atoms with Gasteiger partial charge in [0.25, 0.3) is 5.56 Å². The fraction of sp³-hybridized carbons (Fsp3) is 0.417. The molecule has 96 valence electrons. The normalized spacial score (nSPS) is 14.4. The zero-order valence-corrected chi connectivity index (χ0v) is 13.0. The lowest BCUT2D eigenvalue weighted by molar-refractivity contribution is 0.133. The van der Waals surface area contributed by atoms with Gasteiger partial charge in [0.05, 0.1) is 4.47 Å². The molecule has 3 heterocycles. The molecule has 4 nitrogen and oxygen atoms in total. The minimum Gasteiger partial charge on any atom is -0.364 e. The number of aryl methyl sites for hydroxylation is 1. The molecule has 0 amide bonds. The number of rotatable bonds is 2. The van der Waals surface area contributed by atoms with Crippen LogP contribution in [0.15, 0.2) is 19.9 Å². The van der Waals surface area contributed by atoms with Crippen LogP contribution in [0, 0.1) is 0 Å². The summed E-state index contributed by atoms with van der Waals surface area (Å²) in [5.74, 6) is 0. The standard InChI is InChI=1S/C12H12Br2N2O2/c1-18-6-16-10-8(9(13)11(16)14)5-7-3-2-4-15(7)12(10)17/h5H,2-4,6H2,1H3. The predicted molar refractivity (Wildman–Crippen MR) is 76.9 cm³/mol. The highest BCUT2D eigenvalue weighted by Gasteiger charge is 2.21. The Balaban J connectivity index is 2.43. The molecule has 0 aromatic carbocycles. The molecule has 2 aromatic rings. The highest BCUT2D eigenvalue weighted by Crippen LogP contribution is 2.34. The largest absolute Gasteiger partial charge is 0.364 e. The molecule has 0 saturated heterocycles. The number of fused-ring (bicyclic) bond motifs is 2. The Bertz CT molecular complexity index is 688. The molecule has 3 rings (SSSR count). The zero-order valence-electron chi connectivity index (χ0n) is 9.87. The first-order chi connectivity index (χ1) is 8.65. The highest BCUT2D eigenvalue weighted by atomic mass is 79.9. The van der Waals surface area contributed by atoms with Crippen molar-refractivity contribution in [2.75, 3.05) is 7.11 Å². The van der Waals surface area contributed by atoms with Crippen molar-refractivity contribution < 1.29 is 4.74 Å². The predicted octanol–water partition coefficient (Wildman–Crippen LogP) is 2.88. The van der Waals surface area contributed by atoms with Crippen LogP contribution in [0.3, 0.4) is 0 Å². The van der Waals surface area contributed by atoms with E-state index in [0.717, 1.165) is 39.5 Å². The molecule has 0 saturated carbocycles. The molecule has 18 heavy (non-hydrogen) atoms. The van der Waals surface area contributed by atoms with Crippen LogP contribution in [-0.4, -0.2) is 16.2 Å². The van der Waals surface area contributed by atoms with Gasteiger partial charge in [-0.25, -0.2) is 0 Å². The fourth-order valence-corrected chi connectivity index (χ4v) is 3.57. The second-order valence-electron chi connectivity index (χ2n) is 4.41. The molecular formula is C12H12Br2N2O2. The minimum absolute atomic E-state index is 0.0726. The highest BCUT2D eigenvalue weighted by molar-refractivity contribution is 9.13. The molecule has 0 atom stereocenters. The fourth-order valence-electron chi connectivity index (χ4n) is 2.56. The Labute approximate surface area is 121 Å². The van der Waals surface area contributed by atoms with Gasteiger partial charge in [0.2, 0.25) is 0 Å². The van der Waals surface area contributed by atoms with Gasteiger partial charge in [-0.2, -0.15) is 0 Å². The monoisotopic (exact) mass is 374 g/mol. The van der Waals surface area contributed by atoms with E-state index in [1.54, 1.807) is 7.11 Å². The van der Waals surface area contributed by atoms with Gasteiger partial charge in [-0.3, -0.25) is 4.79 Å². The van der Waals surface area contributed by atoms with Crippen molar-refractivity contribution >= 4 is 42.8 Å². The van der Waals surface area contributed by atoms with Gasteiger partial charge in [-0.1, -0.05) is 0 Å². The van der Waals surface area contributed by atoms with Crippen LogP contribution in [-0.2, 0) is 24.4 Å². The van der Waals surface area contributed by atoms with E-state index in [4.69, 9.17) is 4.74 Å². The number of halogens is 2. The summed E-state index contributed by atoms with van der Waals surface area (Å²) in [6.45, 7) is 1.18. The molecule has 0 radical (unpaired) electrons. The number of hydrogen-bond donors (Lipinski definition) is 0. The first-order valence-corrected chi connectivity index (χ1v) is 7.32. The van der Waals surface area contributed by atoms with Crippen LogP contribution in [0.25, 0.3) is 10.9 Å². The van der Waals surface area contributed by atoms with Crippen molar-refractivity contribution in [2.45, 2.75) is 26.1 Å². The number of pyridine rings is 1. The topological polar surface area (TPSA) is 36.2 Å². The smallest absolute Gasteiger partial charge is 0.275 e. The van der Waals surface area contributed by atoms with Crippen molar-refractivity contribution in [3.05, 3.63) is 31.2 Å². The van der Waals surface area contributed by atoms with Gasteiger partial charge in [0.15, 0.2) is 0 Å². The van der Waals surface area contributed by atoms with E-state index in [9.17, 15) is 4.79 Å². The molecule has 1 aliphatic rings. The van der Waals surface area contributed by atoms with E-state index in [1.165, 1.54) is 0 Å². The molecule has 0 bridgehead atoms. The molecule has 0 aliphatic carbocycles. The van der Waals surface area contributed by atoms with Crippen molar-refractivity contribution in [2.24, 2.45) is 0 Å². The lowest BCUT2D eigenvalue weighted by atomic mass is 10.2. The molecule has 0 N–H and O–H groups in total. The molecule has 6 heteroatoms. The van der Waals surface area contributed by atoms with Crippen LogP contribution in [0.4, 0.5) is 0 Å². The lowest BCUT2D eigenvalue weighted by Gasteiger charge is -2.07. The molecule has 0 fully saturated rings. The Hall–Kier alpha value is -0.590. The van der Waals surface area contributed by atoms with Gasteiger partial charge >= 0.3 is 0 Å². The average Bonchev–Trinajstić information content (AvgIpc) is 2.90. The second kappa shape index (κ2) is 4.51. The van der Waals surface area contributed by atoms with Gasteiger partial charge in [-0.05, 0) is 50.8 Å². The van der Waals surface area contributed by atoms with Crippen LogP contribution >= 0.6 is 31.9 Å². The molecule has 0 unspecified atom stereocenters. The Morgan fingerprint density at radius 1 is 1.44 bits per heavy atom. The van der Waals surface area contributed by atoms with E-state index in [0.29, 0.717) is 12.2 Å². The number of aromatic nitrogens is 2. The van der Waals surface area contributed by atoms with Crippen molar-refractivity contribution in [1.29, 1.82) is 0 Å². The Morgan fingerprint density at radius 2 is 2.22 bits per heavy atom. The summed E-state index contributed by atoms with van der Waals surface area (Å²) in [4.78, 5) is 12.5. The summed E-state index contributed by atoms with van der Waals surface area (Å²) >= 11 is 7.05. The maximum Gasteiger partial charge on any atom is 0.275 e. The second-order valence-corrected chi connectivity index (χ2v) is 5.95. The van der Waals surface area contributed by atoms with E-state index in [1.807, 2.05) is 9.13 Å². The summed E-state index contributed by atoms with van der Waals surface area (Å²) in [6.07, 6.45) is 2.02. The van der Waals surface area contributed by atoms with Crippen LogP contribution in [0.5, 0.6) is 0 Å². The third kappa shape index (κ3) is 1.62. The van der Waals surface area contributed by atoms with Crippen molar-refractivity contribution in [3.63, 3.8) is 0 Å². The Kier molecular flexibility index (Phi) is 3.11. The molecular weight excluding hydrogens is 364 g/mol. The van der Waals surface area contributed by atoms with Crippen LogP contribution in [0.1, 0.15) is 12.1 Å². The summed E-state index contributed by atoms with van der Waals surface area (Å²) in [5.41, 5.74) is 1.89. The van der Waals surface area contributed by atoms with E-state index < -0.39 is 0 Å². The van der Waals surface area contributed by atoms with Crippen molar-refractivity contribution in [1.82, 2.24) is 9.13 Å². The Morgan fingerprint density at radius 3 is 2.94 bits per heavy atom. The first kappa shape index (κ1) is 12.4. The third-order valence-corrected chi connectivity index (χ3v) is 5.52. The summed E-state index contributed by atoms with van der Waals surface area (Å²) in [5, 5.41) is 0.956. The van der Waals surface area contributed by atoms with Gasteiger partial charge in [0.1, 0.15) is 16.9 Å². The molecule has 1 aliphatic heterocycles. The zero-order chi connectivity index (χ0) is 12.9. The number of hydrogen-bond acceptors (Lipinski definition) is 2. The summed E-state index contributed by atoms with van der Waals surface area (Å²) in [7, 11) is 1.62. The van der Waals surface area contributed by atoms with Crippen LogP contribution < -0.4 is 5.56 Å². The van der Waals surface area contributed by atoms with Crippen molar-refractivity contribution in [3.8, 4) is 0 Å². The molecule has 0 spiro atoms.